The Hall–Kier alpha value is -2.18. The van der Waals surface area contributed by atoms with Gasteiger partial charge < -0.3 is 20.3 Å². The Kier molecular flexibility index (Phi) is 69.4. The molecule has 6 heteroatoms. The Labute approximate surface area is 512 Å². The van der Waals surface area contributed by atoms with Crippen molar-refractivity contribution in [3.63, 3.8) is 0 Å². The predicted octanol–water partition coefficient (Wildman–Crippen LogP) is 24.0. The summed E-state index contributed by atoms with van der Waals surface area (Å²) >= 11 is 0. The van der Waals surface area contributed by atoms with E-state index in [1.54, 1.807) is 6.08 Å². The number of unbranched alkanes of at least 4 members (excludes halogenated alkanes) is 52. The van der Waals surface area contributed by atoms with Gasteiger partial charge in [-0.3, -0.25) is 9.59 Å². The molecule has 6 nitrogen and oxygen atoms in total. The van der Waals surface area contributed by atoms with Crippen LogP contribution in [0.4, 0.5) is 0 Å². The Bertz CT molecular complexity index is 1370. The van der Waals surface area contributed by atoms with Gasteiger partial charge in [0.05, 0.1) is 25.4 Å². The fourth-order valence-electron chi connectivity index (χ4n) is 11.4. The van der Waals surface area contributed by atoms with Crippen LogP contribution in [0.5, 0.6) is 0 Å². The average Bonchev–Trinajstić information content (AvgIpc) is 3.48. The van der Waals surface area contributed by atoms with Crippen LogP contribution in [-0.2, 0) is 14.3 Å². The third-order valence-corrected chi connectivity index (χ3v) is 17.1. The molecule has 0 aromatic carbocycles. The molecule has 3 N–H and O–H groups in total. The number of aliphatic hydroxyl groups excluding tert-OH is 2. The summed E-state index contributed by atoms with van der Waals surface area (Å²) in [5.74, 6) is -0.0623. The van der Waals surface area contributed by atoms with Crippen molar-refractivity contribution >= 4 is 11.9 Å². The summed E-state index contributed by atoms with van der Waals surface area (Å²) in [5, 5.41) is 23.3. The molecule has 0 radical (unpaired) electrons. The SMILES string of the molecule is CCCCCC/C=C\C/C=C\CCCCCCCC(=O)OCCCCCCCCCCCCCC/C=C\CCCCCCCCCCCCCCC(=O)NC(CO)C(O)/C=C/CCCCCCCCCCCCCCCCCCCCC. The molecule has 2 atom stereocenters. The van der Waals surface area contributed by atoms with Crippen LogP contribution in [0, 0.1) is 0 Å². The second kappa shape index (κ2) is 71.3. The molecule has 0 saturated heterocycles. The summed E-state index contributed by atoms with van der Waals surface area (Å²) in [5.41, 5.74) is 0. The minimum Gasteiger partial charge on any atom is -0.466 e. The fraction of sp³-hybridized carbons (Fsp3) is 0.868. The van der Waals surface area contributed by atoms with Gasteiger partial charge in [0, 0.05) is 12.8 Å². The van der Waals surface area contributed by atoms with Crippen molar-refractivity contribution in [3.8, 4) is 0 Å². The van der Waals surface area contributed by atoms with Crippen LogP contribution in [-0.4, -0.2) is 47.4 Å². The first kappa shape index (κ1) is 79.8. The zero-order valence-electron chi connectivity index (χ0n) is 55.2. The van der Waals surface area contributed by atoms with Gasteiger partial charge in [-0.05, 0) is 89.9 Å². The fourth-order valence-corrected chi connectivity index (χ4v) is 11.4. The van der Waals surface area contributed by atoms with Crippen molar-refractivity contribution in [2.24, 2.45) is 0 Å². The van der Waals surface area contributed by atoms with E-state index in [0.717, 1.165) is 51.4 Å². The van der Waals surface area contributed by atoms with Crippen molar-refractivity contribution < 1.29 is 24.5 Å². The van der Waals surface area contributed by atoms with E-state index in [2.05, 4.69) is 55.6 Å². The van der Waals surface area contributed by atoms with Gasteiger partial charge in [0.2, 0.25) is 5.91 Å². The minimum absolute atomic E-state index is 0.00228. The lowest BCUT2D eigenvalue weighted by atomic mass is 10.0. The molecule has 82 heavy (non-hydrogen) atoms. The number of carbonyl (C=O) groups is 2. The molecule has 0 spiro atoms. The van der Waals surface area contributed by atoms with E-state index in [9.17, 15) is 19.8 Å². The van der Waals surface area contributed by atoms with Crippen LogP contribution in [0.1, 0.15) is 399 Å². The van der Waals surface area contributed by atoms with Crippen molar-refractivity contribution in [3.05, 3.63) is 48.6 Å². The summed E-state index contributed by atoms with van der Waals surface area (Å²) in [6, 6.07) is -0.630. The van der Waals surface area contributed by atoms with E-state index in [-0.39, 0.29) is 18.5 Å². The standard InChI is InChI=1S/C76H143NO5/c1-3-5-7-9-11-13-15-17-19-21-22-31-34-37-40-44-48-52-56-60-64-68-74(79)73(72-78)77-75(80)69-65-61-57-53-49-45-41-38-35-32-29-27-25-23-24-26-28-30-33-36-39-43-47-51-55-59-63-67-71-82-76(81)70-66-62-58-54-50-46-42-20-18-16-14-12-10-8-6-4-2/h14,16,20,23-24,42,64,68,73-74,78-79H,3-13,15,17-19,21-22,25-41,43-63,65-67,69-72H2,1-2H3,(H,77,80)/b16-14-,24-23-,42-20-,68-64+. The lowest BCUT2D eigenvalue weighted by Crippen LogP contribution is -2.45. The molecule has 2 unspecified atom stereocenters. The summed E-state index contributed by atoms with van der Waals surface area (Å²) in [7, 11) is 0. The predicted molar refractivity (Wildman–Crippen MR) is 361 cm³/mol. The van der Waals surface area contributed by atoms with Crippen LogP contribution in [0.2, 0.25) is 0 Å². The first-order chi connectivity index (χ1) is 40.5. The summed E-state index contributed by atoms with van der Waals surface area (Å²) in [6.45, 7) is 4.91. The zero-order chi connectivity index (χ0) is 59.2. The van der Waals surface area contributed by atoms with E-state index >= 15 is 0 Å². The zero-order valence-corrected chi connectivity index (χ0v) is 55.2. The van der Waals surface area contributed by atoms with Crippen LogP contribution in [0.3, 0.4) is 0 Å². The number of ether oxygens (including phenoxy) is 1. The second-order valence-electron chi connectivity index (χ2n) is 25.3. The second-order valence-corrected chi connectivity index (χ2v) is 25.3. The van der Waals surface area contributed by atoms with E-state index in [1.165, 1.54) is 321 Å². The lowest BCUT2D eigenvalue weighted by molar-refractivity contribution is -0.143. The number of hydrogen-bond donors (Lipinski definition) is 3. The van der Waals surface area contributed by atoms with Crippen molar-refractivity contribution in [2.45, 2.75) is 411 Å². The molecule has 482 valence electrons. The Balaban J connectivity index is 3.41. The quantitative estimate of drug-likeness (QED) is 0.0320. The Morgan fingerprint density at radius 2 is 0.610 bits per heavy atom. The molecule has 0 aliphatic rings. The van der Waals surface area contributed by atoms with Crippen molar-refractivity contribution in [1.29, 1.82) is 0 Å². The van der Waals surface area contributed by atoms with E-state index in [0.29, 0.717) is 19.4 Å². The summed E-state index contributed by atoms with van der Waals surface area (Å²) < 4.78 is 5.49. The monoisotopic (exact) mass is 1150 g/mol. The topological polar surface area (TPSA) is 95.9 Å². The van der Waals surface area contributed by atoms with Crippen LogP contribution < -0.4 is 5.32 Å². The number of allylic oxidation sites excluding steroid dienone is 7. The molecule has 1 amide bonds. The van der Waals surface area contributed by atoms with Gasteiger partial charge in [0.1, 0.15) is 0 Å². The first-order valence-electron chi connectivity index (χ1n) is 36.9. The molecule has 0 aliphatic carbocycles. The number of carbonyl (C=O) groups excluding carboxylic acids is 2. The average molecular weight is 1150 g/mol. The third-order valence-electron chi connectivity index (χ3n) is 17.1. The third kappa shape index (κ3) is 67.0. The molecule has 0 rings (SSSR count). The van der Waals surface area contributed by atoms with Crippen LogP contribution >= 0.6 is 0 Å². The number of hydrogen-bond acceptors (Lipinski definition) is 5. The summed E-state index contributed by atoms with van der Waals surface area (Å²) in [4.78, 5) is 24.6. The lowest BCUT2D eigenvalue weighted by Gasteiger charge is -2.20. The molecule has 0 heterocycles. The largest absolute Gasteiger partial charge is 0.466 e. The number of nitrogens with one attached hydrogen (secondary N) is 1. The normalized spacial score (nSPS) is 12.8. The molecule has 0 bridgehead atoms. The van der Waals surface area contributed by atoms with E-state index in [4.69, 9.17) is 4.74 Å². The van der Waals surface area contributed by atoms with Gasteiger partial charge in [-0.2, -0.15) is 0 Å². The molecule has 0 fully saturated rings. The van der Waals surface area contributed by atoms with Crippen LogP contribution in [0.25, 0.3) is 0 Å². The van der Waals surface area contributed by atoms with Gasteiger partial charge in [-0.15, -0.1) is 0 Å². The molecule has 0 aromatic rings. The van der Waals surface area contributed by atoms with Gasteiger partial charge >= 0.3 is 5.97 Å². The van der Waals surface area contributed by atoms with Crippen molar-refractivity contribution in [1.82, 2.24) is 5.32 Å². The van der Waals surface area contributed by atoms with Gasteiger partial charge in [-0.1, -0.05) is 345 Å². The van der Waals surface area contributed by atoms with Gasteiger partial charge in [0.15, 0.2) is 0 Å². The molecule has 0 aromatic heterocycles. The molecular weight excluding hydrogens is 1010 g/mol. The highest BCUT2D eigenvalue weighted by atomic mass is 16.5. The number of esters is 1. The first-order valence-corrected chi connectivity index (χ1v) is 36.9. The molecular formula is C76H143NO5. The number of amides is 1. The Morgan fingerprint density at radius 3 is 0.951 bits per heavy atom. The van der Waals surface area contributed by atoms with Crippen LogP contribution in [0.15, 0.2) is 48.6 Å². The smallest absolute Gasteiger partial charge is 0.305 e. The van der Waals surface area contributed by atoms with Gasteiger partial charge in [-0.25, -0.2) is 0 Å². The Morgan fingerprint density at radius 1 is 0.341 bits per heavy atom. The summed E-state index contributed by atoms with van der Waals surface area (Å²) in [6.07, 6.45) is 93.4. The highest BCUT2D eigenvalue weighted by Gasteiger charge is 2.18. The number of aliphatic hydroxyl groups is 2. The minimum atomic E-state index is -0.846. The maximum Gasteiger partial charge on any atom is 0.305 e. The maximum atomic E-state index is 12.5. The highest BCUT2D eigenvalue weighted by Crippen LogP contribution is 2.18. The highest BCUT2D eigenvalue weighted by molar-refractivity contribution is 5.76. The van der Waals surface area contributed by atoms with Crippen molar-refractivity contribution in [2.75, 3.05) is 13.2 Å². The molecule has 0 aliphatic heterocycles. The van der Waals surface area contributed by atoms with E-state index < -0.39 is 12.1 Å². The number of rotatable bonds is 69. The van der Waals surface area contributed by atoms with Gasteiger partial charge in [0.25, 0.3) is 0 Å². The van der Waals surface area contributed by atoms with E-state index in [1.807, 2.05) is 6.08 Å². The maximum absolute atomic E-state index is 12.5. The molecule has 0 saturated carbocycles.